The number of methoxy groups -OCH3 is 1. The van der Waals surface area contributed by atoms with Gasteiger partial charge in [0, 0.05) is 0 Å². The summed E-state index contributed by atoms with van der Waals surface area (Å²) in [6.45, 7) is 0. The largest absolute Gasteiger partial charge is 0.465 e. The molecule has 0 saturated heterocycles. The second-order valence-corrected chi connectivity index (χ2v) is 8.16. The molecule has 0 spiro atoms. The summed E-state index contributed by atoms with van der Waals surface area (Å²) in [6, 6.07) is 1.24. The number of nitrogens with zero attached hydrogens (tertiary/aromatic N) is 1. The first-order valence-corrected chi connectivity index (χ1v) is 9.03. The van der Waals surface area contributed by atoms with Crippen LogP contribution in [0.2, 0.25) is 0 Å². The first kappa shape index (κ1) is 14.9. The van der Waals surface area contributed by atoms with Crippen LogP contribution < -0.4 is 3.71 Å². The van der Waals surface area contributed by atoms with Gasteiger partial charge in [-0.3, -0.25) is 0 Å². The van der Waals surface area contributed by atoms with Gasteiger partial charge in [-0.15, -0.1) is 11.3 Å². The van der Waals surface area contributed by atoms with E-state index in [0.29, 0.717) is 0 Å². The molecule has 0 aliphatic rings. The van der Waals surface area contributed by atoms with Crippen LogP contribution in [0.15, 0.2) is 11.4 Å². The summed E-state index contributed by atoms with van der Waals surface area (Å²) in [5.74, 6) is -0.794. The molecule has 0 saturated carbocycles. The van der Waals surface area contributed by atoms with Crippen molar-refractivity contribution in [3.05, 3.63) is 16.3 Å². The normalized spacial score (nSPS) is 12.2. The van der Waals surface area contributed by atoms with Crippen molar-refractivity contribution >= 4 is 43.0 Å². The number of rotatable bonds is 4. The minimum absolute atomic E-state index is 0.0895. The lowest BCUT2D eigenvalue weighted by Gasteiger charge is -2.19. The monoisotopic (exact) mass is 313 g/mol. The van der Waals surface area contributed by atoms with Gasteiger partial charge in [-0.25, -0.2) is 21.6 Å². The fourth-order valence-electron chi connectivity index (χ4n) is 1.29. The lowest BCUT2D eigenvalue weighted by atomic mass is 10.4. The molecule has 0 unspecified atom stereocenters. The van der Waals surface area contributed by atoms with E-state index in [4.69, 9.17) is 0 Å². The Morgan fingerprint density at radius 3 is 2.11 bits per heavy atom. The number of esters is 1. The summed E-state index contributed by atoms with van der Waals surface area (Å²) in [7, 11) is -7.01. The number of ether oxygens (including phenoxy) is 1. The van der Waals surface area contributed by atoms with Gasteiger partial charge in [0.15, 0.2) is 0 Å². The van der Waals surface area contributed by atoms with Crippen LogP contribution in [0.5, 0.6) is 0 Å². The van der Waals surface area contributed by atoms with Crippen LogP contribution in [0, 0.1) is 0 Å². The molecule has 0 bridgehead atoms. The zero-order valence-corrected chi connectivity index (χ0v) is 12.2. The fraction of sp³-hybridized carbons (Fsp3) is 0.375. The molecular weight excluding hydrogens is 302 g/mol. The Labute approximate surface area is 109 Å². The highest BCUT2D eigenvalue weighted by atomic mass is 32.3. The van der Waals surface area contributed by atoms with Crippen LogP contribution in [0.4, 0.5) is 5.69 Å². The van der Waals surface area contributed by atoms with Gasteiger partial charge in [-0.2, -0.15) is 3.71 Å². The van der Waals surface area contributed by atoms with Crippen molar-refractivity contribution in [2.24, 2.45) is 0 Å². The van der Waals surface area contributed by atoms with Crippen LogP contribution in [0.25, 0.3) is 0 Å². The summed E-state index contributed by atoms with van der Waals surface area (Å²) in [6.07, 6.45) is 1.49. The van der Waals surface area contributed by atoms with Gasteiger partial charge in [0.2, 0.25) is 20.0 Å². The van der Waals surface area contributed by atoms with E-state index in [1.165, 1.54) is 11.4 Å². The van der Waals surface area contributed by atoms with Gasteiger partial charge in [0.05, 0.1) is 25.3 Å². The Morgan fingerprint density at radius 1 is 1.22 bits per heavy atom. The highest BCUT2D eigenvalue weighted by Crippen LogP contribution is 2.30. The molecule has 0 N–H and O–H groups in total. The van der Waals surface area contributed by atoms with Gasteiger partial charge in [-0.1, -0.05) is 0 Å². The quantitative estimate of drug-likeness (QED) is 0.740. The standard InChI is InChI=1S/C8H11NO6S3/c1-15-8(10)7-6(4-5-16-7)9(17(2,11)12)18(3,13)14/h4-5H,1-3H3. The maximum absolute atomic E-state index is 11.5. The Morgan fingerprint density at radius 2 is 1.72 bits per heavy atom. The zero-order valence-electron chi connectivity index (χ0n) is 9.78. The molecule has 0 amide bonds. The maximum atomic E-state index is 11.5. The van der Waals surface area contributed by atoms with Gasteiger partial charge < -0.3 is 4.74 Å². The minimum Gasteiger partial charge on any atom is -0.465 e. The number of hydrogen-bond acceptors (Lipinski definition) is 7. The number of carbonyl (C=O) groups excluding carboxylic acids is 1. The molecule has 0 radical (unpaired) electrons. The van der Waals surface area contributed by atoms with Crippen molar-refractivity contribution in [1.29, 1.82) is 0 Å². The topological polar surface area (TPSA) is 97.8 Å². The Balaban J connectivity index is 3.52. The lowest BCUT2D eigenvalue weighted by molar-refractivity contribution is 0.0607. The van der Waals surface area contributed by atoms with Crippen molar-refractivity contribution in [3.8, 4) is 0 Å². The summed E-state index contributed by atoms with van der Waals surface area (Å²) in [5, 5.41) is 1.41. The smallest absolute Gasteiger partial charge is 0.350 e. The van der Waals surface area contributed by atoms with Crippen molar-refractivity contribution in [1.82, 2.24) is 0 Å². The molecule has 1 aromatic rings. The predicted octanol–water partition coefficient (Wildman–Crippen LogP) is 0.260. The SMILES string of the molecule is COC(=O)c1sccc1N(S(C)(=O)=O)S(C)(=O)=O. The number of thiophene rings is 1. The second kappa shape index (κ2) is 4.86. The van der Waals surface area contributed by atoms with Gasteiger partial charge in [0.25, 0.3) is 0 Å². The third-order valence-electron chi connectivity index (χ3n) is 1.81. The summed E-state index contributed by atoms with van der Waals surface area (Å²) in [5.41, 5.74) is -0.225. The predicted molar refractivity (Wildman–Crippen MR) is 67.8 cm³/mol. The first-order valence-electron chi connectivity index (χ1n) is 4.45. The molecule has 0 fully saturated rings. The van der Waals surface area contributed by atoms with Crippen molar-refractivity contribution in [2.45, 2.75) is 0 Å². The highest BCUT2D eigenvalue weighted by molar-refractivity contribution is 8.09. The summed E-state index contributed by atoms with van der Waals surface area (Å²) < 4.78 is 50.8. The molecular formula is C8H11NO6S3. The van der Waals surface area contributed by atoms with E-state index in [9.17, 15) is 21.6 Å². The van der Waals surface area contributed by atoms with Gasteiger partial charge in [-0.05, 0) is 11.4 Å². The summed E-state index contributed by atoms with van der Waals surface area (Å²) in [4.78, 5) is 11.3. The highest BCUT2D eigenvalue weighted by Gasteiger charge is 2.32. The van der Waals surface area contributed by atoms with E-state index in [2.05, 4.69) is 4.74 Å². The van der Waals surface area contributed by atoms with Crippen LogP contribution in [0.1, 0.15) is 9.67 Å². The van der Waals surface area contributed by atoms with Crippen molar-refractivity contribution in [3.63, 3.8) is 0 Å². The van der Waals surface area contributed by atoms with E-state index >= 15 is 0 Å². The van der Waals surface area contributed by atoms with Crippen molar-refractivity contribution in [2.75, 3.05) is 23.3 Å². The lowest BCUT2D eigenvalue weighted by Crippen LogP contribution is -2.35. The molecule has 18 heavy (non-hydrogen) atoms. The molecule has 1 heterocycles. The molecule has 0 aliphatic carbocycles. The van der Waals surface area contributed by atoms with Crippen molar-refractivity contribution < 1.29 is 26.4 Å². The zero-order chi connectivity index (χ0) is 14.1. The van der Waals surface area contributed by atoms with Crippen LogP contribution in [0.3, 0.4) is 0 Å². The maximum Gasteiger partial charge on any atom is 0.350 e. The van der Waals surface area contributed by atoms with E-state index in [1.54, 1.807) is 0 Å². The Bertz CT molecular complexity index is 625. The van der Waals surface area contributed by atoms with E-state index in [1.807, 2.05) is 0 Å². The molecule has 10 heteroatoms. The Hall–Kier alpha value is -1.13. The van der Waals surface area contributed by atoms with Gasteiger partial charge in [0.1, 0.15) is 4.88 Å². The Kier molecular flexibility index (Phi) is 4.03. The molecule has 1 rings (SSSR count). The second-order valence-electron chi connectivity index (χ2n) is 3.35. The van der Waals surface area contributed by atoms with Crippen LogP contribution >= 0.6 is 11.3 Å². The molecule has 7 nitrogen and oxygen atoms in total. The number of hydrogen-bond donors (Lipinski definition) is 0. The number of anilines is 1. The van der Waals surface area contributed by atoms with Gasteiger partial charge >= 0.3 is 5.97 Å². The number of carbonyl (C=O) groups is 1. The van der Waals surface area contributed by atoms with Crippen LogP contribution in [-0.4, -0.2) is 42.4 Å². The summed E-state index contributed by atoms with van der Waals surface area (Å²) >= 11 is 0.898. The molecule has 102 valence electrons. The average molecular weight is 313 g/mol. The molecule has 0 atom stereocenters. The third kappa shape index (κ3) is 3.00. The van der Waals surface area contributed by atoms with E-state index in [0.717, 1.165) is 31.0 Å². The van der Waals surface area contributed by atoms with E-state index < -0.39 is 26.0 Å². The third-order valence-corrected chi connectivity index (χ3v) is 5.92. The number of sulfonamides is 2. The average Bonchev–Trinajstić information content (AvgIpc) is 2.60. The molecule has 0 aromatic carbocycles. The fourth-order valence-corrected chi connectivity index (χ4v) is 5.19. The van der Waals surface area contributed by atoms with E-state index in [-0.39, 0.29) is 14.3 Å². The first-order chi connectivity index (χ1) is 8.09. The molecule has 1 aromatic heterocycles. The van der Waals surface area contributed by atoms with Crippen LogP contribution in [-0.2, 0) is 24.8 Å². The molecule has 0 aliphatic heterocycles. The minimum atomic E-state index is -4.07.